The molecule has 4 nitrogen and oxygen atoms in total. The molecular formula is C16H27NO3. The van der Waals surface area contributed by atoms with E-state index in [9.17, 15) is 5.11 Å². The number of aliphatic hydroxyl groups is 1. The summed E-state index contributed by atoms with van der Waals surface area (Å²) in [6.45, 7) is 7.15. The predicted molar refractivity (Wildman–Crippen MR) is 81.4 cm³/mol. The third kappa shape index (κ3) is 4.39. The molecule has 114 valence electrons. The summed E-state index contributed by atoms with van der Waals surface area (Å²) in [6.07, 6.45) is 0.969. The minimum Gasteiger partial charge on any atom is -0.493 e. The summed E-state index contributed by atoms with van der Waals surface area (Å²) in [4.78, 5) is 0. The van der Waals surface area contributed by atoms with E-state index >= 15 is 0 Å². The molecule has 2 N–H and O–H groups in total. The number of hydrogen-bond donors (Lipinski definition) is 2. The normalized spacial score (nSPS) is 13.1. The van der Waals surface area contributed by atoms with E-state index in [1.54, 1.807) is 14.2 Å². The van der Waals surface area contributed by atoms with E-state index < -0.39 is 0 Å². The average molecular weight is 281 g/mol. The van der Waals surface area contributed by atoms with Crippen LogP contribution in [0.3, 0.4) is 0 Å². The lowest BCUT2D eigenvalue weighted by molar-refractivity contribution is 0.152. The maximum absolute atomic E-state index is 9.32. The Bertz CT molecular complexity index is 418. The van der Waals surface area contributed by atoms with Crippen molar-refractivity contribution in [2.24, 2.45) is 5.41 Å². The van der Waals surface area contributed by atoms with Gasteiger partial charge in [0.1, 0.15) is 0 Å². The smallest absolute Gasteiger partial charge is 0.161 e. The second-order valence-electron chi connectivity index (χ2n) is 5.78. The van der Waals surface area contributed by atoms with Crippen LogP contribution in [-0.2, 0) is 0 Å². The molecule has 0 saturated heterocycles. The Morgan fingerprint density at radius 1 is 1.20 bits per heavy atom. The molecule has 0 saturated carbocycles. The third-order valence-corrected chi connectivity index (χ3v) is 3.47. The summed E-state index contributed by atoms with van der Waals surface area (Å²) in [5.74, 6) is 1.48. The van der Waals surface area contributed by atoms with Crippen molar-refractivity contribution >= 4 is 0 Å². The molecule has 0 radical (unpaired) electrons. The van der Waals surface area contributed by atoms with Crippen LogP contribution < -0.4 is 14.8 Å². The highest BCUT2D eigenvalue weighted by molar-refractivity contribution is 5.43. The lowest BCUT2D eigenvalue weighted by Crippen LogP contribution is -2.34. The zero-order valence-electron chi connectivity index (χ0n) is 13.2. The fourth-order valence-electron chi connectivity index (χ4n) is 2.02. The minimum absolute atomic E-state index is 0.121. The van der Waals surface area contributed by atoms with Crippen LogP contribution in [0.2, 0.25) is 0 Å². The number of rotatable bonds is 8. The van der Waals surface area contributed by atoms with Crippen LogP contribution in [0.15, 0.2) is 18.2 Å². The molecule has 0 heterocycles. The fourth-order valence-corrected chi connectivity index (χ4v) is 2.02. The molecule has 0 amide bonds. The van der Waals surface area contributed by atoms with Crippen LogP contribution in [0.1, 0.15) is 38.8 Å². The number of aliphatic hydroxyl groups excluding tert-OH is 1. The van der Waals surface area contributed by atoms with Gasteiger partial charge in [-0.1, -0.05) is 26.8 Å². The second kappa shape index (κ2) is 7.50. The van der Waals surface area contributed by atoms with Crippen LogP contribution >= 0.6 is 0 Å². The number of ether oxygens (including phenoxy) is 2. The van der Waals surface area contributed by atoms with Gasteiger partial charge in [0, 0.05) is 24.6 Å². The lowest BCUT2D eigenvalue weighted by Gasteiger charge is -2.26. The standard InChI is InChI=1S/C16H27NO3/c1-6-13(17-10-16(2,3)11-18)12-7-8-14(19-4)15(9-12)20-5/h7-9,13,17-18H,6,10-11H2,1-5H3. The zero-order chi connectivity index (χ0) is 15.2. The van der Waals surface area contributed by atoms with Gasteiger partial charge in [0.05, 0.1) is 14.2 Å². The zero-order valence-corrected chi connectivity index (χ0v) is 13.2. The van der Waals surface area contributed by atoms with E-state index in [1.807, 2.05) is 26.0 Å². The quantitative estimate of drug-likeness (QED) is 0.769. The van der Waals surface area contributed by atoms with E-state index in [4.69, 9.17) is 9.47 Å². The molecule has 1 aromatic carbocycles. The van der Waals surface area contributed by atoms with Gasteiger partial charge >= 0.3 is 0 Å². The topological polar surface area (TPSA) is 50.7 Å². The predicted octanol–water partition coefficient (Wildman–Crippen LogP) is 2.76. The molecular weight excluding hydrogens is 254 g/mol. The van der Waals surface area contributed by atoms with Crippen molar-refractivity contribution in [3.63, 3.8) is 0 Å². The highest BCUT2D eigenvalue weighted by atomic mass is 16.5. The highest BCUT2D eigenvalue weighted by Crippen LogP contribution is 2.31. The molecule has 1 atom stereocenters. The first-order chi connectivity index (χ1) is 9.47. The fraction of sp³-hybridized carbons (Fsp3) is 0.625. The lowest BCUT2D eigenvalue weighted by atomic mass is 9.93. The van der Waals surface area contributed by atoms with E-state index in [0.717, 1.165) is 24.5 Å². The molecule has 1 unspecified atom stereocenters. The van der Waals surface area contributed by atoms with Gasteiger partial charge in [-0.3, -0.25) is 0 Å². The van der Waals surface area contributed by atoms with Gasteiger partial charge in [0.15, 0.2) is 11.5 Å². The van der Waals surface area contributed by atoms with E-state index in [0.29, 0.717) is 0 Å². The van der Waals surface area contributed by atoms with Crippen molar-refractivity contribution in [2.45, 2.75) is 33.2 Å². The molecule has 0 aliphatic carbocycles. The molecule has 0 bridgehead atoms. The first kappa shape index (κ1) is 16.8. The molecule has 4 heteroatoms. The van der Waals surface area contributed by atoms with Gasteiger partial charge in [-0.05, 0) is 24.1 Å². The minimum atomic E-state index is -0.121. The van der Waals surface area contributed by atoms with Crippen LogP contribution in [0.5, 0.6) is 11.5 Å². The highest BCUT2D eigenvalue weighted by Gasteiger charge is 2.19. The number of methoxy groups -OCH3 is 2. The van der Waals surface area contributed by atoms with E-state index in [2.05, 4.69) is 18.3 Å². The van der Waals surface area contributed by atoms with Gasteiger partial charge in [0.2, 0.25) is 0 Å². The second-order valence-corrected chi connectivity index (χ2v) is 5.78. The van der Waals surface area contributed by atoms with Crippen molar-refractivity contribution in [3.05, 3.63) is 23.8 Å². The molecule has 0 fully saturated rings. The summed E-state index contributed by atoms with van der Waals surface area (Å²) in [5.41, 5.74) is 1.04. The molecule has 1 aromatic rings. The molecule has 1 rings (SSSR count). The van der Waals surface area contributed by atoms with E-state index in [-0.39, 0.29) is 18.1 Å². The van der Waals surface area contributed by atoms with Gasteiger partial charge < -0.3 is 19.9 Å². The van der Waals surface area contributed by atoms with Crippen LogP contribution in [0, 0.1) is 5.41 Å². The van der Waals surface area contributed by atoms with Crippen LogP contribution in [-0.4, -0.2) is 32.5 Å². The summed E-state index contributed by atoms with van der Waals surface area (Å²) >= 11 is 0. The summed E-state index contributed by atoms with van der Waals surface area (Å²) < 4.78 is 10.6. The van der Waals surface area contributed by atoms with Crippen molar-refractivity contribution in [1.82, 2.24) is 5.32 Å². The molecule has 0 aliphatic rings. The van der Waals surface area contributed by atoms with Crippen molar-refractivity contribution < 1.29 is 14.6 Å². The van der Waals surface area contributed by atoms with Crippen molar-refractivity contribution in [1.29, 1.82) is 0 Å². The van der Waals surface area contributed by atoms with Crippen LogP contribution in [0.25, 0.3) is 0 Å². The first-order valence-electron chi connectivity index (χ1n) is 7.03. The Morgan fingerprint density at radius 2 is 1.85 bits per heavy atom. The molecule has 0 spiro atoms. The maximum atomic E-state index is 9.32. The number of hydrogen-bond acceptors (Lipinski definition) is 4. The monoisotopic (exact) mass is 281 g/mol. The maximum Gasteiger partial charge on any atom is 0.161 e. The van der Waals surface area contributed by atoms with Gasteiger partial charge in [-0.2, -0.15) is 0 Å². The first-order valence-corrected chi connectivity index (χ1v) is 7.03. The summed E-state index contributed by atoms with van der Waals surface area (Å²) in [5, 5.41) is 12.8. The Morgan fingerprint density at radius 3 is 2.35 bits per heavy atom. The average Bonchev–Trinajstić information content (AvgIpc) is 2.47. The summed E-state index contributed by atoms with van der Waals surface area (Å²) in [6, 6.07) is 6.22. The Hall–Kier alpha value is -1.26. The third-order valence-electron chi connectivity index (χ3n) is 3.47. The van der Waals surface area contributed by atoms with Gasteiger partial charge in [-0.15, -0.1) is 0 Å². The Balaban J connectivity index is 2.84. The molecule has 0 aliphatic heterocycles. The Kier molecular flexibility index (Phi) is 6.30. The van der Waals surface area contributed by atoms with Crippen LogP contribution in [0.4, 0.5) is 0 Å². The van der Waals surface area contributed by atoms with Crippen molar-refractivity contribution in [2.75, 3.05) is 27.4 Å². The summed E-state index contributed by atoms with van der Waals surface area (Å²) in [7, 11) is 3.28. The number of nitrogens with one attached hydrogen (secondary N) is 1. The molecule has 0 aromatic heterocycles. The largest absolute Gasteiger partial charge is 0.493 e. The van der Waals surface area contributed by atoms with Crippen molar-refractivity contribution in [3.8, 4) is 11.5 Å². The van der Waals surface area contributed by atoms with Gasteiger partial charge in [0.25, 0.3) is 0 Å². The Labute approximate surface area is 122 Å². The SMILES string of the molecule is CCC(NCC(C)(C)CO)c1ccc(OC)c(OC)c1. The number of benzene rings is 1. The molecule has 20 heavy (non-hydrogen) atoms. The van der Waals surface area contributed by atoms with Gasteiger partial charge in [-0.25, -0.2) is 0 Å². The van der Waals surface area contributed by atoms with E-state index in [1.165, 1.54) is 5.56 Å².